The predicted molar refractivity (Wildman–Crippen MR) is 124 cm³/mol. The van der Waals surface area contributed by atoms with E-state index in [0.29, 0.717) is 11.3 Å². The highest BCUT2D eigenvalue weighted by molar-refractivity contribution is 6.02. The quantitative estimate of drug-likeness (QED) is 0.432. The number of carbonyl (C=O) groups is 3. The van der Waals surface area contributed by atoms with E-state index in [1.807, 2.05) is 66.7 Å². The van der Waals surface area contributed by atoms with E-state index in [9.17, 15) is 14.4 Å². The Labute approximate surface area is 186 Å². The summed E-state index contributed by atoms with van der Waals surface area (Å²) in [5.41, 5.74) is 3.07. The highest BCUT2D eigenvalue weighted by Crippen LogP contribution is 2.27. The number of hydrogen-bond acceptors (Lipinski definition) is 4. The normalized spacial score (nSPS) is 11.9. The molecule has 0 aliphatic carbocycles. The third-order valence-corrected chi connectivity index (χ3v) is 4.56. The molecular weight excluding hydrogens is 404 g/mol. The molecule has 0 spiro atoms. The number of anilines is 1. The number of amides is 2. The van der Waals surface area contributed by atoms with Gasteiger partial charge in [0.15, 0.2) is 6.10 Å². The summed E-state index contributed by atoms with van der Waals surface area (Å²) in [5, 5.41) is 5.29. The SMILES string of the molecule is CC(=O)N/C(=C/c1ccccc1)C(=O)O[C@@H](C)C(=O)Nc1ccccc1-c1ccccc1. The van der Waals surface area contributed by atoms with Crippen molar-refractivity contribution in [2.24, 2.45) is 0 Å². The van der Waals surface area contributed by atoms with E-state index in [-0.39, 0.29) is 5.70 Å². The van der Waals surface area contributed by atoms with Crippen molar-refractivity contribution in [1.82, 2.24) is 5.32 Å². The van der Waals surface area contributed by atoms with Gasteiger partial charge in [0, 0.05) is 18.2 Å². The van der Waals surface area contributed by atoms with Gasteiger partial charge in [0.25, 0.3) is 5.91 Å². The van der Waals surface area contributed by atoms with Crippen molar-refractivity contribution >= 4 is 29.5 Å². The van der Waals surface area contributed by atoms with Crippen molar-refractivity contribution in [1.29, 1.82) is 0 Å². The minimum Gasteiger partial charge on any atom is -0.448 e. The Morgan fingerprint density at radius 3 is 2.09 bits per heavy atom. The molecule has 6 heteroatoms. The lowest BCUT2D eigenvalue weighted by molar-refractivity contribution is -0.149. The Balaban J connectivity index is 1.73. The second-order valence-corrected chi connectivity index (χ2v) is 7.10. The molecule has 0 heterocycles. The third-order valence-electron chi connectivity index (χ3n) is 4.56. The Hall–Kier alpha value is -4.19. The zero-order chi connectivity index (χ0) is 22.9. The summed E-state index contributed by atoms with van der Waals surface area (Å²) in [6.45, 7) is 2.77. The van der Waals surface area contributed by atoms with Gasteiger partial charge in [-0.2, -0.15) is 0 Å². The van der Waals surface area contributed by atoms with Crippen LogP contribution in [0.25, 0.3) is 17.2 Å². The maximum absolute atomic E-state index is 12.7. The number of ether oxygens (including phenoxy) is 1. The largest absolute Gasteiger partial charge is 0.448 e. The molecule has 0 fully saturated rings. The standard InChI is InChI=1S/C26H24N2O4/c1-18(32-26(31)24(27-19(2)29)17-20-11-5-3-6-12-20)25(30)28-23-16-10-9-15-22(23)21-13-7-4-8-14-21/h3-18H,1-2H3,(H,27,29)(H,28,30)/b24-17+/t18-/m0/s1. The van der Waals surface area contributed by atoms with Crippen molar-refractivity contribution in [3.05, 3.63) is 96.2 Å². The van der Waals surface area contributed by atoms with Crippen LogP contribution in [0, 0.1) is 0 Å². The minimum absolute atomic E-state index is 0.0481. The van der Waals surface area contributed by atoms with Crippen LogP contribution in [0.2, 0.25) is 0 Å². The van der Waals surface area contributed by atoms with Gasteiger partial charge in [0.05, 0.1) is 0 Å². The number of esters is 1. The molecule has 0 unspecified atom stereocenters. The molecule has 3 rings (SSSR count). The van der Waals surface area contributed by atoms with Gasteiger partial charge >= 0.3 is 5.97 Å². The first-order chi connectivity index (χ1) is 15.4. The van der Waals surface area contributed by atoms with E-state index in [2.05, 4.69) is 10.6 Å². The van der Waals surface area contributed by atoms with Crippen molar-refractivity contribution in [3.63, 3.8) is 0 Å². The lowest BCUT2D eigenvalue weighted by atomic mass is 10.0. The number of para-hydroxylation sites is 1. The smallest absolute Gasteiger partial charge is 0.355 e. The number of carbonyl (C=O) groups excluding carboxylic acids is 3. The molecule has 1 atom stereocenters. The van der Waals surface area contributed by atoms with Crippen LogP contribution < -0.4 is 10.6 Å². The summed E-state index contributed by atoms with van der Waals surface area (Å²) >= 11 is 0. The van der Waals surface area contributed by atoms with Crippen molar-refractivity contribution in [2.75, 3.05) is 5.32 Å². The van der Waals surface area contributed by atoms with Crippen molar-refractivity contribution in [2.45, 2.75) is 20.0 Å². The molecule has 0 aromatic heterocycles. The van der Waals surface area contributed by atoms with E-state index in [1.165, 1.54) is 19.9 Å². The molecule has 0 aliphatic rings. The minimum atomic E-state index is -1.08. The van der Waals surface area contributed by atoms with Gasteiger partial charge in [-0.15, -0.1) is 0 Å². The molecule has 2 N–H and O–H groups in total. The van der Waals surface area contributed by atoms with Crippen molar-refractivity contribution in [3.8, 4) is 11.1 Å². The first-order valence-corrected chi connectivity index (χ1v) is 10.1. The summed E-state index contributed by atoms with van der Waals surface area (Å²) in [7, 11) is 0. The molecule has 0 bridgehead atoms. The van der Waals surface area contributed by atoms with Crippen LogP contribution >= 0.6 is 0 Å². The van der Waals surface area contributed by atoms with Crippen LogP contribution in [0.15, 0.2) is 90.6 Å². The van der Waals surface area contributed by atoms with E-state index < -0.39 is 23.9 Å². The molecule has 3 aromatic rings. The second kappa shape index (κ2) is 10.7. The first-order valence-electron chi connectivity index (χ1n) is 10.1. The van der Waals surface area contributed by atoms with E-state index in [1.54, 1.807) is 18.2 Å². The fourth-order valence-electron chi connectivity index (χ4n) is 3.03. The Kier molecular flexibility index (Phi) is 7.54. The van der Waals surface area contributed by atoms with Gasteiger partial charge in [0.1, 0.15) is 5.70 Å². The molecule has 0 saturated carbocycles. The molecule has 6 nitrogen and oxygen atoms in total. The summed E-state index contributed by atoms with van der Waals surface area (Å²) in [6.07, 6.45) is 0.415. The number of benzene rings is 3. The zero-order valence-corrected chi connectivity index (χ0v) is 17.9. The summed E-state index contributed by atoms with van der Waals surface area (Å²) in [6, 6.07) is 26.1. The van der Waals surface area contributed by atoms with Gasteiger partial charge in [-0.25, -0.2) is 4.79 Å². The lowest BCUT2D eigenvalue weighted by Crippen LogP contribution is -2.34. The van der Waals surface area contributed by atoms with E-state index in [4.69, 9.17) is 4.74 Å². The number of rotatable bonds is 7. The average molecular weight is 428 g/mol. The van der Waals surface area contributed by atoms with Crippen LogP contribution in [0.4, 0.5) is 5.69 Å². The molecule has 32 heavy (non-hydrogen) atoms. The Bertz CT molecular complexity index is 1120. The highest BCUT2D eigenvalue weighted by atomic mass is 16.5. The molecule has 3 aromatic carbocycles. The van der Waals surface area contributed by atoms with Gasteiger partial charge in [-0.3, -0.25) is 9.59 Å². The monoisotopic (exact) mass is 428 g/mol. The van der Waals surface area contributed by atoms with E-state index in [0.717, 1.165) is 11.1 Å². The maximum Gasteiger partial charge on any atom is 0.355 e. The first kappa shape index (κ1) is 22.5. The third kappa shape index (κ3) is 6.15. The van der Waals surface area contributed by atoms with Crippen LogP contribution in [0.5, 0.6) is 0 Å². The van der Waals surface area contributed by atoms with Gasteiger partial charge in [0.2, 0.25) is 5.91 Å². The van der Waals surface area contributed by atoms with E-state index >= 15 is 0 Å². The Morgan fingerprint density at radius 2 is 1.44 bits per heavy atom. The number of hydrogen-bond donors (Lipinski definition) is 2. The average Bonchev–Trinajstić information content (AvgIpc) is 2.80. The molecule has 2 amide bonds. The van der Waals surface area contributed by atoms with Gasteiger partial charge < -0.3 is 15.4 Å². The summed E-state index contributed by atoms with van der Waals surface area (Å²) in [4.78, 5) is 36.9. The maximum atomic E-state index is 12.7. The topological polar surface area (TPSA) is 84.5 Å². The van der Waals surface area contributed by atoms with Gasteiger partial charge in [-0.05, 0) is 30.2 Å². The molecule has 0 radical (unpaired) electrons. The predicted octanol–water partition coefficient (Wildman–Crippen LogP) is 4.40. The molecule has 0 saturated heterocycles. The summed E-state index contributed by atoms with van der Waals surface area (Å²) < 4.78 is 5.33. The number of nitrogens with one attached hydrogen (secondary N) is 2. The van der Waals surface area contributed by atoms with Crippen molar-refractivity contribution < 1.29 is 19.1 Å². The van der Waals surface area contributed by atoms with Gasteiger partial charge in [-0.1, -0.05) is 78.9 Å². The fraction of sp³-hybridized carbons (Fsp3) is 0.115. The fourth-order valence-corrected chi connectivity index (χ4v) is 3.03. The molecular formula is C26H24N2O4. The van der Waals surface area contributed by atoms with Crippen LogP contribution in [-0.2, 0) is 19.1 Å². The second-order valence-electron chi connectivity index (χ2n) is 7.10. The van der Waals surface area contributed by atoms with Crippen LogP contribution in [-0.4, -0.2) is 23.9 Å². The zero-order valence-electron chi connectivity index (χ0n) is 17.9. The summed E-state index contributed by atoms with van der Waals surface area (Å²) in [5.74, 6) is -1.70. The molecule has 162 valence electrons. The molecule has 0 aliphatic heterocycles. The van der Waals surface area contributed by atoms with Crippen LogP contribution in [0.3, 0.4) is 0 Å². The lowest BCUT2D eigenvalue weighted by Gasteiger charge is -2.17. The Morgan fingerprint density at radius 1 is 0.844 bits per heavy atom. The highest BCUT2D eigenvalue weighted by Gasteiger charge is 2.22. The van der Waals surface area contributed by atoms with Crippen LogP contribution in [0.1, 0.15) is 19.4 Å².